The van der Waals surface area contributed by atoms with Crippen LogP contribution in [0.3, 0.4) is 0 Å². The minimum atomic E-state index is -0.784. The van der Waals surface area contributed by atoms with E-state index in [1.165, 1.54) is 0 Å². The molecule has 1 fully saturated rings. The van der Waals surface area contributed by atoms with Crippen molar-refractivity contribution in [1.82, 2.24) is 5.32 Å². The summed E-state index contributed by atoms with van der Waals surface area (Å²) >= 11 is 5.77. The summed E-state index contributed by atoms with van der Waals surface area (Å²) in [6, 6.07) is 0.679. The summed E-state index contributed by atoms with van der Waals surface area (Å²) in [5, 5.41) is 3.06. The molecular weight excluding hydrogens is 348 g/mol. The first-order valence-electron chi connectivity index (χ1n) is 8.06. The van der Waals surface area contributed by atoms with E-state index >= 15 is 0 Å². The fraction of sp³-hybridized carbons (Fsp3) is 0.333. The second kappa shape index (κ2) is 5.75. The number of hydrogen-bond acceptors (Lipinski definition) is 3. The number of aliphatic imine (C=N–C) groups is 1. The van der Waals surface area contributed by atoms with Gasteiger partial charge in [-0.3, -0.25) is 15.1 Å². The summed E-state index contributed by atoms with van der Waals surface area (Å²) in [5.41, 5.74) is 6.38. The Bertz CT molecular complexity index is 841. The maximum absolute atomic E-state index is 14.7. The Morgan fingerprint density at radius 1 is 1.36 bits per heavy atom. The van der Waals surface area contributed by atoms with E-state index in [9.17, 15) is 13.6 Å². The number of nitrogens with zero attached hydrogens (tertiary/aromatic N) is 1. The lowest BCUT2D eigenvalue weighted by atomic mass is 9.61. The van der Waals surface area contributed by atoms with Crippen LogP contribution in [-0.4, -0.2) is 24.2 Å². The zero-order valence-electron chi connectivity index (χ0n) is 13.2. The average molecular weight is 364 g/mol. The fourth-order valence-corrected chi connectivity index (χ4v) is 4.44. The number of nitrogens with one attached hydrogen (secondary N) is 1. The van der Waals surface area contributed by atoms with Crippen molar-refractivity contribution in [2.75, 3.05) is 6.54 Å². The van der Waals surface area contributed by atoms with Crippen LogP contribution < -0.4 is 11.1 Å². The Kier molecular flexibility index (Phi) is 3.77. The maximum atomic E-state index is 14.7. The predicted molar refractivity (Wildman–Crippen MR) is 91.4 cm³/mol. The molecule has 3 N–H and O–H groups in total. The second-order valence-corrected chi connectivity index (χ2v) is 7.02. The van der Waals surface area contributed by atoms with Crippen LogP contribution in [0.1, 0.15) is 24.4 Å². The topological polar surface area (TPSA) is 67.5 Å². The number of halogens is 3. The van der Waals surface area contributed by atoms with E-state index in [0.717, 1.165) is 23.4 Å². The van der Waals surface area contributed by atoms with E-state index in [1.54, 1.807) is 0 Å². The number of rotatable bonds is 2. The molecule has 0 saturated carbocycles. The maximum Gasteiger partial charge on any atom is 0.234 e. The Balaban J connectivity index is 1.92. The van der Waals surface area contributed by atoms with Crippen LogP contribution in [0, 0.1) is 17.0 Å². The van der Waals surface area contributed by atoms with Crippen molar-refractivity contribution in [3.05, 3.63) is 58.2 Å². The highest BCUT2D eigenvalue weighted by molar-refractivity contribution is 6.30. The van der Waals surface area contributed by atoms with Gasteiger partial charge in [0, 0.05) is 22.8 Å². The van der Waals surface area contributed by atoms with Gasteiger partial charge in [0.1, 0.15) is 11.6 Å². The van der Waals surface area contributed by atoms with Crippen LogP contribution >= 0.6 is 11.6 Å². The zero-order valence-corrected chi connectivity index (χ0v) is 14.0. The molecule has 1 amide bonds. The third kappa shape index (κ3) is 2.35. The van der Waals surface area contributed by atoms with Crippen LogP contribution in [0.15, 0.2) is 40.9 Å². The van der Waals surface area contributed by atoms with E-state index in [4.69, 9.17) is 17.3 Å². The molecule has 2 heterocycles. The number of benzene rings is 1. The molecular formula is C18H16ClF2N3O. The molecule has 130 valence electrons. The summed E-state index contributed by atoms with van der Waals surface area (Å²) in [5.74, 6) is -2.05. The number of nitrogens with two attached hydrogens (primary N) is 1. The molecule has 1 saturated heterocycles. The molecule has 1 spiro atoms. The van der Waals surface area contributed by atoms with Crippen LogP contribution in [0.25, 0.3) is 0 Å². The van der Waals surface area contributed by atoms with Gasteiger partial charge in [0.15, 0.2) is 0 Å². The Morgan fingerprint density at radius 3 is 2.76 bits per heavy atom. The summed E-state index contributed by atoms with van der Waals surface area (Å²) < 4.78 is 29.4. The first kappa shape index (κ1) is 16.4. The third-order valence-corrected chi connectivity index (χ3v) is 5.55. The minimum Gasteiger partial charge on any atom is -0.368 e. The predicted octanol–water partition coefficient (Wildman–Crippen LogP) is 2.83. The van der Waals surface area contributed by atoms with Gasteiger partial charge in [-0.15, -0.1) is 0 Å². The third-order valence-electron chi connectivity index (χ3n) is 5.33. The van der Waals surface area contributed by atoms with E-state index in [0.29, 0.717) is 19.4 Å². The van der Waals surface area contributed by atoms with E-state index in [1.807, 2.05) is 18.2 Å². The van der Waals surface area contributed by atoms with Crippen LogP contribution in [0.2, 0.25) is 5.02 Å². The molecule has 4 nitrogen and oxygen atoms in total. The summed E-state index contributed by atoms with van der Waals surface area (Å²) in [4.78, 5) is 16.3. The van der Waals surface area contributed by atoms with Gasteiger partial charge in [0.05, 0.1) is 17.5 Å². The molecule has 1 aromatic carbocycles. The largest absolute Gasteiger partial charge is 0.368 e. The first-order valence-corrected chi connectivity index (χ1v) is 8.43. The molecule has 0 radical (unpaired) electrons. The van der Waals surface area contributed by atoms with Crippen molar-refractivity contribution in [3.63, 3.8) is 0 Å². The SMILES string of the molecule is NC(=O)[C@@H]1CC2=CC=CC3=NCCC23C(c2c(F)cc(Cl)cc2F)N1. The summed E-state index contributed by atoms with van der Waals surface area (Å²) in [7, 11) is 0. The van der Waals surface area contributed by atoms with E-state index in [-0.39, 0.29) is 10.6 Å². The average Bonchev–Trinajstić information content (AvgIpc) is 2.97. The zero-order chi connectivity index (χ0) is 17.8. The normalized spacial score (nSPS) is 30.4. The van der Waals surface area contributed by atoms with Crippen LogP contribution in [0.4, 0.5) is 8.78 Å². The molecule has 2 aliphatic heterocycles. The van der Waals surface area contributed by atoms with Crippen molar-refractivity contribution in [2.24, 2.45) is 16.1 Å². The molecule has 0 bridgehead atoms. The number of amides is 1. The molecule has 3 atom stereocenters. The van der Waals surface area contributed by atoms with Crippen LogP contribution in [-0.2, 0) is 4.79 Å². The number of piperidine rings is 1. The second-order valence-electron chi connectivity index (χ2n) is 6.58. The van der Waals surface area contributed by atoms with Crippen molar-refractivity contribution in [1.29, 1.82) is 0 Å². The highest BCUT2D eigenvalue weighted by atomic mass is 35.5. The van der Waals surface area contributed by atoms with Gasteiger partial charge in [-0.1, -0.05) is 29.3 Å². The molecule has 2 unspecified atom stereocenters. The molecule has 1 aliphatic carbocycles. The van der Waals surface area contributed by atoms with E-state index < -0.39 is 35.0 Å². The quantitative estimate of drug-likeness (QED) is 0.848. The highest BCUT2D eigenvalue weighted by Crippen LogP contribution is 2.54. The fourth-order valence-electron chi connectivity index (χ4n) is 4.24. The van der Waals surface area contributed by atoms with E-state index in [2.05, 4.69) is 10.3 Å². The van der Waals surface area contributed by atoms with Gasteiger partial charge in [0.25, 0.3) is 0 Å². The smallest absolute Gasteiger partial charge is 0.234 e. The number of primary amides is 1. The summed E-state index contributed by atoms with van der Waals surface area (Å²) in [6.07, 6.45) is 6.63. The molecule has 1 aromatic rings. The number of allylic oxidation sites excluding steroid dienone is 3. The standard InChI is InChI=1S/C18H16ClF2N3O/c19-10-7-11(20)15(12(21)8-10)16-18-4-5-23-14(18)3-1-2-9(18)6-13(24-16)17(22)25/h1-3,7-8,13,16,24H,4-6H2,(H2,22,25)/t13-,16?,18?/m0/s1. The van der Waals surface area contributed by atoms with Gasteiger partial charge in [-0.2, -0.15) is 0 Å². The van der Waals surface area contributed by atoms with Gasteiger partial charge in [-0.05, 0) is 31.1 Å². The Labute approximate surface area is 148 Å². The van der Waals surface area contributed by atoms with Gasteiger partial charge < -0.3 is 5.73 Å². The van der Waals surface area contributed by atoms with Gasteiger partial charge in [0.2, 0.25) is 5.91 Å². The molecule has 7 heteroatoms. The molecule has 4 rings (SSSR count). The Hall–Kier alpha value is -2.05. The van der Waals surface area contributed by atoms with Crippen molar-refractivity contribution >= 4 is 23.2 Å². The van der Waals surface area contributed by atoms with Gasteiger partial charge >= 0.3 is 0 Å². The van der Waals surface area contributed by atoms with Crippen molar-refractivity contribution in [3.8, 4) is 0 Å². The number of carbonyl (C=O) groups excluding carboxylic acids is 1. The first-order chi connectivity index (χ1) is 11.9. The highest BCUT2D eigenvalue weighted by Gasteiger charge is 2.54. The molecule has 3 aliphatic rings. The monoisotopic (exact) mass is 363 g/mol. The Morgan fingerprint density at radius 2 is 2.08 bits per heavy atom. The van der Waals surface area contributed by atoms with Crippen molar-refractivity contribution < 1.29 is 13.6 Å². The van der Waals surface area contributed by atoms with Crippen molar-refractivity contribution in [2.45, 2.75) is 24.9 Å². The minimum absolute atomic E-state index is 0.0156. The molecule has 0 aromatic heterocycles. The lowest BCUT2D eigenvalue weighted by molar-refractivity contribution is -0.120. The number of carbonyl (C=O) groups is 1. The molecule has 25 heavy (non-hydrogen) atoms. The number of hydrogen-bond donors (Lipinski definition) is 2. The lowest BCUT2D eigenvalue weighted by Gasteiger charge is -2.48. The van der Waals surface area contributed by atoms with Crippen LogP contribution in [0.5, 0.6) is 0 Å². The summed E-state index contributed by atoms with van der Waals surface area (Å²) in [6.45, 7) is 0.563. The van der Waals surface area contributed by atoms with Gasteiger partial charge in [-0.25, -0.2) is 8.78 Å². The lowest BCUT2D eigenvalue weighted by Crippen LogP contribution is -2.56.